The van der Waals surface area contributed by atoms with Crippen molar-refractivity contribution in [2.24, 2.45) is 12.2 Å². The SMILES string of the molecule is Cn1c(=NO)sc2ccccc21. The Hall–Kier alpha value is -1.29. The van der Waals surface area contributed by atoms with Gasteiger partial charge in [-0.3, -0.25) is 0 Å². The third-order valence-electron chi connectivity index (χ3n) is 1.80. The molecular weight excluding hydrogens is 172 g/mol. The van der Waals surface area contributed by atoms with Gasteiger partial charge in [-0.05, 0) is 12.1 Å². The molecule has 0 saturated carbocycles. The van der Waals surface area contributed by atoms with Crippen molar-refractivity contribution >= 4 is 21.6 Å². The van der Waals surface area contributed by atoms with Crippen molar-refractivity contribution in [1.82, 2.24) is 4.57 Å². The minimum absolute atomic E-state index is 0.621. The van der Waals surface area contributed by atoms with Crippen LogP contribution in [-0.2, 0) is 7.05 Å². The number of thiazole rings is 1. The first-order chi connectivity index (χ1) is 5.83. The molecule has 2 rings (SSSR count). The fourth-order valence-corrected chi connectivity index (χ4v) is 2.11. The van der Waals surface area contributed by atoms with Gasteiger partial charge in [0, 0.05) is 7.05 Å². The van der Waals surface area contributed by atoms with Crippen molar-refractivity contribution < 1.29 is 5.21 Å². The topological polar surface area (TPSA) is 37.5 Å². The first-order valence-electron chi connectivity index (χ1n) is 3.55. The minimum atomic E-state index is 0.621. The molecule has 0 amide bonds. The van der Waals surface area contributed by atoms with Gasteiger partial charge in [0.05, 0.1) is 10.2 Å². The Kier molecular flexibility index (Phi) is 1.62. The molecule has 3 nitrogen and oxygen atoms in total. The Morgan fingerprint density at radius 3 is 2.83 bits per heavy atom. The van der Waals surface area contributed by atoms with E-state index in [1.165, 1.54) is 11.3 Å². The average molecular weight is 180 g/mol. The second-order valence-corrected chi connectivity index (χ2v) is 3.52. The van der Waals surface area contributed by atoms with Crippen LogP contribution in [0.3, 0.4) is 0 Å². The first kappa shape index (κ1) is 7.36. The van der Waals surface area contributed by atoms with Crippen LogP contribution in [0.4, 0.5) is 0 Å². The number of para-hydroxylation sites is 1. The molecule has 0 aliphatic heterocycles. The van der Waals surface area contributed by atoms with Gasteiger partial charge in [-0.25, -0.2) is 0 Å². The summed E-state index contributed by atoms with van der Waals surface area (Å²) >= 11 is 1.47. The summed E-state index contributed by atoms with van der Waals surface area (Å²) in [7, 11) is 1.88. The van der Waals surface area contributed by atoms with E-state index in [-0.39, 0.29) is 0 Å². The summed E-state index contributed by atoms with van der Waals surface area (Å²) in [4.78, 5) is 0.621. The van der Waals surface area contributed by atoms with Crippen LogP contribution in [0.2, 0.25) is 0 Å². The molecule has 4 heteroatoms. The number of aryl methyl sites for hydroxylation is 1. The van der Waals surface area contributed by atoms with Crippen LogP contribution < -0.4 is 4.80 Å². The van der Waals surface area contributed by atoms with Gasteiger partial charge in [0.2, 0.25) is 4.80 Å². The molecule has 0 aliphatic rings. The summed E-state index contributed by atoms with van der Waals surface area (Å²) in [5.41, 5.74) is 1.09. The lowest BCUT2D eigenvalue weighted by atomic mass is 10.3. The zero-order valence-electron chi connectivity index (χ0n) is 6.56. The van der Waals surface area contributed by atoms with Crippen LogP contribution in [0.1, 0.15) is 0 Å². The summed E-state index contributed by atoms with van der Waals surface area (Å²) in [6.07, 6.45) is 0. The molecule has 0 spiro atoms. The normalized spacial score (nSPS) is 12.6. The number of nitrogens with zero attached hydrogens (tertiary/aromatic N) is 2. The molecule has 0 bridgehead atoms. The molecule has 2 aromatic rings. The van der Waals surface area contributed by atoms with E-state index in [0.29, 0.717) is 4.80 Å². The van der Waals surface area contributed by atoms with Crippen molar-refractivity contribution in [2.45, 2.75) is 0 Å². The summed E-state index contributed by atoms with van der Waals surface area (Å²) in [5.74, 6) is 0. The van der Waals surface area contributed by atoms with Crippen LogP contribution >= 0.6 is 11.3 Å². The average Bonchev–Trinajstić information content (AvgIpc) is 2.44. The molecule has 1 aromatic carbocycles. The lowest BCUT2D eigenvalue weighted by Gasteiger charge is -1.91. The highest BCUT2D eigenvalue weighted by Gasteiger charge is 1.99. The lowest BCUT2D eigenvalue weighted by molar-refractivity contribution is 0.298. The fourth-order valence-electron chi connectivity index (χ4n) is 1.18. The van der Waals surface area contributed by atoms with E-state index in [0.717, 1.165) is 10.2 Å². The Morgan fingerprint density at radius 2 is 2.17 bits per heavy atom. The van der Waals surface area contributed by atoms with Gasteiger partial charge in [0.15, 0.2) is 0 Å². The van der Waals surface area contributed by atoms with Gasteiger partial charge in [0.25, 0.3) is 0 Å². The van der Waals surface area contributed by atoms with Gasteiger partial charge in [-0.2, -0.15) is 0 Å². The molecule has 0 fully saturated rings. The molecule has 0 saturated heterocycles. The van der Waals surface area contributed by atoms with E-state index in [4.69, 9.17) is 5.21 Å². The Bertz CT molecular complexity index is 469. The predicted molar refractivity (Wildman–Crippen MR) is 48.1 cm³/mol. The maximum absolute atomic E-state index is 8.63. The molecule has 0 radical (unpaired) electrons. The maximum Gasteiger partial charge on any atom is 0.228 e. The van der Waals surface area contributed by atoms with E-state index in [1.807, 2.05) is 35.9 Å². The Labute approximate surface area is 73.2 Å². The molecule has 1 aromatic heterocycles. The monoisotopic (exact) mass is 180 g/mol. The summed E-state index contributed by atoms with van der Waals surface area (Å²) < 4.78 is 2.99. The van der Waals surface area contributed by atoms with E-state index in [1.54, 1.807) is 0 Å². The number of hydrogen-bond donors (Lipinski definition) is 1. The molecule has 1 N–H and O–H groups in total. The quantitative estimate of drug-likeness (QED) is 0.484. The smallest absolute Gasteiger partial charge is 0.228 e. The number of hydrogen-bond acceptors (Lipinski definition) is 3. The summed E-state index contributed by atoms with van der Waals surface area (Å²) in [6.45, 7) is 0. The maximum atomic E-state index is 8.63. The van der Waals surface area contributed by atoms with Gasteiger partial charge in [0.1, 0.15) is 0 Å². The van der Waals surface area contributed by atoms with Gasteiger partial charge >= 0.3 is 0 Å². The van der Waals surface area contributed by atoms with Gasteiger partial charge < -0.3 is 9.77 Å². The van der Waals surface area contributed by atoms with Crippen LogP contribution in [0.5, 0.6) is 0 Å². The van der Waals surface area contributed by atoms with Crippen LogP contribution in [0, 0.1) is 0 Å². The van der Waals surface area contributed by atoms with E-state index in [2.05, 4.69) is 5.16 Å². The minimum Gasteiger partial charge on any atom is -0.408 e. The first-order valence-corrected chi connectivity index (χ1v) is 4.37. The van der Waals surface area contributed by atoms with E-state index in [9.17, 15) is 0 Å². The number of aromatic nitrogens is 1. The zero-order valence-corrected chi connectivity index (χ0v) is 7.38. The van der Waals surface area contributed by atoms with Crippen LogP contribution in [0.15, 0.2) is 29.4 Å². The number of fused-ring (bicyclic) bond motifs is 1. The van der Waals surface area contributed by atoms with E-state index >= 15 is 0 Å². The van der Waals surface area contributed by atoms with Crippen LogP contribution in [0.25, 0.3) is 10.2 Å². The van der Waals surface area contributed by atoms with Gasteiger partial charge in [-0.1, -0.05) is 28.6 Å². The molecule has 1 heterocycles. The molecule has 0 atom stereocenters. The van der Waals surface area contributed by atoms with Crippen molar-refractivity contribution in [3.63, 3.8) is 0 Å². The standard InChI is InChI=1S/C8H8N2OS/c1-10-6-4-2-3-5-7(6)12-8(10)9-11/h2-5,11H,1H3. The van der Waals surface area contributed by atoms with E-state index < -0.39 is 0 Å². The third-order valence-corrected chi connectivity index (χ3v) is 2.90. The Morgan fingerprint density at radius 1 is 1.42 bits per heavy atom. The molecule has 0 aliphatic carbocycles. The van der Waals surface area contributed by atoms with Crippen LogP contribution in [-0.4, -0.2) is 9.77 Å². The van der Waals surface area contributed by atoms with Crippen molar-refractivity contribution in [2.75, 3.05) is 0 Å². The number of benzene rings is 1. The van der Waals surface area contributed by atoms with Crippen molar-refractivity contribution in [3.05, 3.63) is 29.1 Å². The van der Waals surface area contributed by atoms with Gasteiger partial charge in [-0.15, -0.1) is 0 Å². The molecule has 0 unspecified atom stereocenters. The molecular formula is C8H8N2OS. The largest absolute Gasteiger partial charge is 0.408 e. The second-order valence-electron chi connectivity index (χ2n) is 2.51. The molecule has 62 valence electrons. The highest BCUT2D eigenvalue weighted by atomic mass is 32.1. The summed E-state index contributed by atoms with van der Waals surface area (Å²) in [6, 6.07) is 7.95. The highest BCUT2D eigenvalue weighted by Crippen LogP contribution is 2.14. The van der Waals surface area contributed by atoms with Crippen molar-refractivity contribution in [3.8, 4) is 0 Å². The highest BCUT2D eigenvalue weighted by molar-refractivity contribution is 7.16. The summed E-state index contributed by atoms with van der Waals surface area (Å²) in [5, 5.41) is 11.8. The Balaban J connectivity index is 2.98. The third kappa shape index (κ3) is 0.921. The zero-order chi connectivity index (χ0) is 8.55. The lowest BCUT2D eigenvalue weighted by Crippen LogP contribution is -2.08. The fraction of sp³-hybridized carbons (Fsp3) is 0.125. The van der Waals surface area contributed by atoms with Crippen molar-refractivity contribution in [1.29, 1.82) is 0 Å². The molecule has 12 heavy (non-hydrogen) atoms. The second kappa shape index (κ2) is 2.64. The predicted octanol–water partition coefficient (Wildman–Crippen LogP) is 1.53. The number of rotatable bonds is 0.